The quantitative estimate of drug-likeness (QED) is 0.171. The van der Waals surface area contributed by atoms with Crippen LogP contribution in [0.1, 0.15) is 44.1 Å². The van der Waals surface area contributed by atoms with Gasteiger partial charge in [0.25, 0.3) is 0 Å². The summed E-state index contributed by atoms with van der Waals surface area (Å²) >= 11 is 0. The molecule has 3 nitrogen and oxygen atoms in total. The van der Waals surface area contributed by atoms with E-state index in [2.05, 4.69) is 173 Å². The minimum atomic E-state index is 0.372. The zero-order chi connectivity index (χ0) is 36.1. The highest BCUT2D eigenvalue weighted by atomic mass is 16.3. The third kappa shape index (κ3) is 4.88. The highest BCUT2D eigenvalue weighted by Crippen LogP contribution is 2.61. The SMILES string of the molecule is c1ccc(-c2ccc(N(c3ccc(C45CC6CC(CC(C6)C4)C5)cc3)c3ccc4c(c3)oc3c(-n5c6ccccc6c6ccccc65)cccc34)cc2)cc1. The van der Waals surface area contributed by atoms with Crippen molar-refractivity contribution in [2.75, 3.05) is 4.90 Å². The third-order valence-electron chi connectivity index (χ3n) is 13.5. The van der Waals surface area contributed by atoms with Crippen molar-refractivity contribution >= 4 is 60.8 Å². The van der Waals surface area contributed by atoms with Crippen LogP contribution in [0.25, 0.3) is 60.6 Å². The summed E-state index contributed by atoms with van der Waals surface area (Å²) in [6.45, 7) is 0. The molecule has 0 aliphatic heterocycles. The van der Waals surface area contributed by atoms with E-state index in [9.17, 15) is 0 Å². The molecule has 0 atom stereocenters. The molecule has 13 rings (SSSR count). The van der Waals surface area contributed by atoms with E-state index in [4.69, 9.17) is 4.42 Å². The average Bonchev–Trinajstić information content (AvgIpc) is 3.77. The Morgan fingerprint density at radius 1 is 0.473 bits per heavy atom. The number of hydrogen-bond donors (Lipinski definition) is 0. The van der Waals surface area contributed by atoms with Gasteiger partial charge in [0.05, 0.1) is 16.7 Å². The second kappa shape index (κ2) is 12.0. The monoisotopic (exact) mass is 710 g/mol. The number of hydrogen-bond acceptors (Lipinski definition) is 2. The summed E-state index contributed by atoms with van der Waals surface area (Å²) in [7, 11) is 0. The number of benzene rings is 7. The first-order valence-electron chi connectivity index (χ1n) is 20.2. The molecular formula is C52H42N2O. The van der Waals surface area contributed by atoms with Crippen molar-refractivity contribution in [3.05, 3.63) is 169 Å². The van der Waals surface area contributed by atoms with Crippen LogP contribution in [-0.4, -0.2) is 4.57 Å². The fraction of sp³-hybridized carbons (Fsp3) is 0.192. The molecule has 3 heteroatoms. The van der Waals surface area contributed by atoms with Crippen molar-refractivity contribution in [3.8, 4) is 16.8 Å². The molecule has 4 aliphatic rings. The molecular weight excluding hydrogens is 669 g/mol. The molecule has 4 aliphatic carbocycles. The summed E-state index contributed by atoms with van der Waals surface area (Å²) < 4.78 is 9.32. The lowest BCUT2D eigenvalue weighted by Gasteiger charge is -2.57. The second-order valence-corrected chi connectivity index (χ2v) is 16.8. The molecule has 55 heavy (non-hydrogen) atoms. The molecule has 4 saturated carbocycles. The lowest BCUT2D eigenvalue weighted by Crippen LogP contribution is -2.48. The summed E-state index contributed by atoms with van der Waals surface area (Å²) in [6.07, 6.45) is 8.53. The first-order valence-corrected chi connectivity index (χ1v) is 20.2. The summed E-state index contributed by atoms with van der Waals surface area (Å²) in [5.41, 5.74) is 13.0. The lowest BCUT2D eigenvalue weighted by molar-refractivity contribution is -0.00518. The average molecular weight is 711 g/mol. The van der Waals surface area contributed by atoms with E-state index in [1.165, 1.54) is 77.1 Å². The maximum atomic E-state index is 6.95. The van der Waals surface area contributed by atoms with Gasteiger partial charge in [-0.05, 0) is 133 Å². The van der Waals surface area contributed by atoms with Crippen molar-refractivity contribution in [3.63, 3.8) is 0 Å². The Morgan fingerprint density at radius 2 is 1.02 bits per heavy atom. The molecule has 266 valence electrons. The van der Waals surface area contributed by atoms with Gasteiger partial charge in [-0.3, -0.25) is 0 Å². The Kier molecular flexibility index (Phi) is 6.81. The number of anilines is 3. The van der Waals surface area contributed by atoms with Gasteiger partial charge in [-0.15, -0.1) is 0 Å². The molecule has 0 saturated heterocycles. The number of nitrogens with zero attached hydrogens (tertiary/aromatic N) is 2. The summed E-state index contributed by atoms with van der Waals surface area (Å²) in [4.78, 5) is 2.40. The van der Waals surface area contributed by atoms with E-state index in [1.54, 1.807) is 5.56 Å². The molecule has 0 N–H and O–H groups in total. The first kappa shape index (κ1) is 31.3. The van der Waals surface area contributed by atoms with Crippen molar-refractivity contribution in [2.24, 2.45) is 17.8 Å². The van der Waals surface area contributed by atoms with Gasteiger partial charge in [0.2, 0.25) is 0 Å². The highest BCUT2D eigenvalue weighted by molar-refractivity contribution is 6.13. The largest absolute Gasteiger partial charge is 0.454 e. The molecule has 7 aromatic carbocycles. The number of fused-ring (bicyclic) bond motifs is 6. The fourth-order valence-electron chi connectivity index (χ4n) is 11.6. The van der Waals surface area contributed by atoms with Crippen molar-refractivity contribution in [1.82, 2.24) is 4.57 Å². The van der Waals surface area contributed by atoms with E-state index < -0.39 is 0 Å². The van der Waals surface area contributed by atoms with Crippen LogP contribution in [0.3, 0.4) is 0 Å². The van der Waals surface area contributed by atoms with Crippen LogP contribution >= 0.6 is 0 Å². The van der Waals surface area contributed by atoms with E-state index in [0.29, 0.717) is 5.41 Å². The van der Waals surface area contributed by atoms with E-state index in [1.807, 2.05) is 0 Å². The molecule has 4 bridgehead atoms. The normalized spacial score (nSPS) is 21.6. The number of para-hydroxylation sites is 3. The standard InChI is InChI=1S/C52H42N2O/c1-2-9-37(10-3-1)38-17-21-40(22-18-38)53(41-23-19-39(20-24-41)52-31-34-27-35(32-52)29-36(28-34)33-52)42-25-26-45-46-13-8-16-49(51(46)55-50(45)30-42)54-47-14-6-4-11-43(47)44-12-5-7-15-48(44)54/h1-26,30,34-36H,27-29,31-33H2. The van der Waals surface area contributed by atoms with E-state index >= 15 is 0 Å². The Bertz CT molecular complexity index is 2810. The number of rotatable bonds is 6. The van der Waals surface area contributed by atoms with Gasteiger partial charge >= 0.3 is 0 Å². The van der Waals surface area contributed by atoms with Crippen LogP contribution in [-0.2, 0) is 5.41 Å². The van der Waals surface area contributed by atoms with Crippen LogP contribution < -0.4 is 4.90 Å². The maximum Gasteiger partial charge on any atom is 0.159 e. The third-order valence-corrected chi connectivity index (χ3v) is 13.5. The summed E-state index contributed by atoms with van der Waals surface area (Å²) in [6, 6.07) is 60.0. The van der Waals surface area contributed by atoms with Gasteiger partial charge in [0.1, 0.15) is 5.58 Å². The topological polar surface area (TPSA) is 21.3 Å². The summed E-state index contributed by atoms with van der Waals surface area (Å²) in [5.74, 6) is 2.78. The minimum Gasteiger partial charge on any atom is -0.454 e. The molecule has 0 radical (unpaired) electrons. The Labute approximate surface area is 321 Å². The van der Waals surface area contributed by atoms with Crippen LogP contribution in [0.15, 0.2) is 168 Å². The second-order valence-electron chi connectivity index (χ2n) is 16.8. The maximum absolute atomic E-state index is 6.95. The molecule has 2 heterocycles. The zero-order valence-electron chi connectivity index (χ0n) is 30.9. The molecule has 0 spiro atoms. The van der Waals surface area contributed by atoms with Gasteiger partial charge in [0.15, 0.2) is 5.58 Å². The number of furan rings is 1. The van der Waals surface area contributed by atoms with Gasteiger partial charge in [0, 0.05) is 44.7 Å². The minimum absolute atomic E-state index is 0.372. The van der Waals surface area contributed by atoms with Crippen molar-refractivity contribution in [2.45, 2.75) is 43.9 Å². The molecule has 9 aromatic rings. The Balaban J connectivity index is 0.990. The van der Waals surface area contributed by atoms with Crippen LogP contribution in [0.4, 0.5) is 17.1 Å². The van der Waals surface area contributed by atoms with Gasteiger partial charge in [-0.25, -0.2) is 0 Å². The van der Waals surface area contributed by atoms with Crippen molar-refractivity contribution < 1.29 is 4.42 Å². The number of aromatic nitrogens is 1. The predicted molar refractivity (Wildman–Crippen MR) is 228 cm³/mol. The smallest absolute Gasteiger partial charge is 0.159 e. The fourth-order valence-corrected chi connectivity index (χ4v) is 11.6. The Hall–Kier alpha value is -6.06. The molecule has 0 amide bonds. The van der Waals surface area contributed by atoms with Crippen LogP contribution in [0, 0.1) is 17.8 Å². The zero-order valence-corrected chi connectivity index (χ0v) is 30.9. The van der Waals surface area contributed by atoms with Crippen LogP contribution in [0.5, 0.6) is 0 Å². The Morgan fingerprint density at radius 3 is 1.67 bits per heavy atom. The van der Waals surface area contributed by atoms with Gasteiger partial charge < -0.3 is 13.9 Å². The predicted octanol–water partition coefficient (Wildman–Crippen LogP) is 14.3. The van der Waals surface area contributed by atoms with E-state index in [-0.39, 0.29) is 0 Å². The van der Waals surface area contributed by atoms with E-state index in [0.717, 1.165) is 56.8 Å². The summed E-state index contributed by atoms with van der Waals surface area (Å²) in [5, 5.41) is 4.74. The van der Waals surface area contributed by atoms with Gasteiger partial charge in [-0.1, -0.05) is 103 Å². The van der Waals surface area contributed by atoms with Crippen molar-refractivity contribution in [1.29, 1.82) is 0 Å². The molecule has 2 aromatic heterocycles. The highest BCUT2D eigenvalue weighted by Gasteiger charge is 2.51. The first-order chi connectivity index (χ1) is 27.2. The lowest BCUT2D eigenvalue weighted by atomic mass is 9.48. The molecule has 4 fully saturated rings. The van der Waals surface area contributed by atoms with Gasteiger partial charge in [-0.2, -0.15) is 0 Å². The molecule has 0 unspecified atom stereocenters. The van der Waals surface area contributed by atoms with Crippen LogP contribution in [0.2, 0.25) is 0 Å².